The number of rotatable bonds is 5. The van der Waals surface area contributed by atoms with Gasteiger partial charge in [-0.15, -0.1) is 0 Å². The number of hydrogen-bond acceptors (Lipinski definition) is 3. The molecule has 0 spiro atoms. The Labute approximate surface area is 125 Å². The summed E-state index contributed by atoms with van der Waals surface area (Å²) in [7, 11) is 0. The molecular formula is C15H24N2O4. The molecule has 0 aromatic carbocycles. The van der Waals surface area contributed by atoms with Gasteiger partial charge in [0.25, 0.3) is 0 Å². The zero-order valence-electron chi connectivity index (χ0n) is 12.6. The predicted octanol–water partition coefficient (Wildman–Crippen LogP) is 1.24. The number of carbonyl (C=O) groups excluding carboxylic acids is 2. The standard InChI is InChI=1S/C15H24N2O4/c1-15(14(20)21)8-2-3-11-17(15)13(19)7-5-10-16-9-4-6-12(16)18/h2-11H2,1H3,(H,20,21)/t15-/m1/s1. The molecule has 1 N–H and O–H groups in total. The fraction of sp³-hybridized carbons (Fsp3) is 0.800. The molecule has 6 nitrogen and oxygen atoms in total. The Balaban J connectivity index is 1.86. The second kappa shape index (κ2) is 6.45. The van der Waals surface area contributed by atoms with Crippen LogP contribution in [0.2, 0.25) is 0 Å². The smallest absolute Gasteiger partial charge is 0.329 e. The van der Waals surface area contributed by atoms with Crippen LogP contribution in [0.3, 0.4) is 0 Å². The van der Waals surface area contributed by atoms with Crippen LogP contribution >= 0.6 is 0 Å². The van der Waals surface area contributed by atoms with Gasteiger partial charge in [-0.2, -0.15) is 0 Å². The zero-order valence-corrected chi connectivity index (χ0v) is 12.6. The number of carboxylic acid groups (broad SMARTS) is 1. The van der Waals surface area contributed by atoms with Crippen molar-refractivity contribution in [2.24, 2.45) is 0 Å². The molecule has 0 saturated carbocycles. The Morgan fingerprint density at radius 2 is 2.00 bits per heavy atom. The van der Waals surface area contributed by atoms with E-state index in [9.17, 15) is 19.5 Å². The van der Waals surface area contributed by atoms with Crippen LogP contribution in [0, 0.1) is 0 Å². The Morgan fingerprint density at radius 1 is 1.24 bits per heavy atom. The Kier molecular flexibility index (Phi) is 4.85. The van der Waals surface area contributed by atoms with Crippen LogP contribution in [0.4, 0.5) is 0 Å². The van der Waals surface area contributed by atoms with Crippen LogP contribution in [0.15, 0.2) is 0 Å². The van der Waals surface area contributed by atoms with E-state index >= 15 is 0 Å². The summed E-state index contributed by atoms with van der Waals surface area (Å²) >= 11 is 0. The van der Waals surface area contributed by atoms with Crippen molar-refractivity contribution >= 4 is 17.8 Å². The van der Waals surface area contributed by atoms with Gasteiger partial charge in [-0.05, 0) is 39.0 Å². The summed E-state index contributed by atoms with van der Waals surface area (Å²) in [5.41, 5.74) is -1.07. The molecule has 0 aliphatic carbocycles. The van der Waals surface area contributed by atoms with Crippen LogP contribution in [-0.4, -0.2) is 57.9 Å². The van der Waals surface area contributed by atoms with Crippen molar-refractivity contribution in [3.05, 3.63) is 0 Å². The van der Waals surface area contributed by atoms with Gasteiger partial charge in [0.2, 0.25) is 11.8 Å². The molecule has 0 radical (unpaired) electrons. The molecule has 2 heterocycles. The lowest BCUT2D eigenvalue weighted by molar-refractivity contribution is -0.161. The summed E-state index contributed by atoms with van der Waals surface area (Å²) in [5.74, 6) is -0.868. The molecule has 0 bridgehead atoms. The molecule has 0 aromatic rings. The average Bonchev–Trinajstić information content (AvgIpc) is 2.84. The molecule has 2 aliphatic heterocycles. The highest BCUT2D eigenvalue weighted by Gasteiger charge is 2.43. The molecule has 1 atom stereocenters. The number of piperidine rings is 1. The predicted molar refractivity (Wildman–Crippen MR) is 76.7 cm³/mol. The maximum atomic E-state index is 12.3. The third-order valence-corrected chi connectivity index (χ3v) is 4.64. The van der Waals surface area contributed by atoms with Crippen molar-refractivity contribution in [3.63, 3.8) is 0 Å². The van der Waals surface area contributed by atoms with Crippen LogP contribution in [-0.2, 0) is 14.4 Å². The topological polar surface area (TPSA) is 77.9 Å². The molecule has 0 unspecified atom stereocenters. The Hall–Kier alpha value is -1.59. The van der Waals surface area contributed by atoms with Gasteiger partial charge in [0.15, 0.2) is 0 Å². The monoisotopic (exact) mass is 296 g/mol. The second-order valence-corrected chi connectivity index (χ2v) is 6.17. The summed E-state index contributed by atoms with van der Waals surface area (Å²) in [4.78, 5) is 38.6. The minimum atomic E-state index is -1.07. The van der Waals surface area contributed by atoms with Crippen molar-refractivity contribution in [1.82, 2.24) is 9.80 Å². The largest absolute Gasteiger partial charge is 0.480 e. The molecule has 2 amide bonds. The van der Waals surface area contributed by atoms with Crippen molar-refractivity contribution in [3.8, 4) is 0 Å². The number of aliphatic carboxylic acids is 1. The van der Waals surface area contributed by atoms with E-state index in [0.29, 0.717) is 38.8 Å². The molecule has 2 rings (SSSR count). The summed E-state index contributed by atoms with van der Waals surface area (Å²) in [6.45, 7) is 3.53. The van der Waals surface area contributed by atoms with Crippen molar-refractivity contribution in [1.29, 1.82) is 0 Å². The first-order valence-electron chi connectivity index (χ1n) is 7.77. The number of likely N-dealkylation sites (tertiary alicyclic amines) is 2. The van der Waals surface area contributed by atoms with E-state index in [-0.39, 0.29) is 11.8 Å². The lowest BCUT2D eigenvalue weighted by Gasteiger charge is -2.41. The molecule has 2 fully saturated rings. The van der Waals surface area contributed by atoms with Crippen LogP contribution < -0.4 is 0 Å². The highest BCUT2D eigenvalue weighted by atomic mass is 16.4. The molecule has 2 aliphatic rings. The van der Waals surface area contributed by atoms with E-state index in [1.165, 1.54) is 4.90 Å². The van der Waals surface area contributed by atoms with Crippen LogP contribution in [0.5, 0.6) is 0 Å². The van der Waals surface area contributed by atoms with E-state index < -0.39 is 11.5 Å². The van der Waals surface area contributed by atoms with Crippen molar-refractivity contribution in [2.75, 3.05) is 19.6 Å². The van der Waals surface area contributed by atoms with E-state index in [2.05, 4.69) is 0 Å². The van der Waals surface area contributed by atoms with E-state index in [4.69, 9.17) is 0 Å². The minimum Gasteiger partial charge on any atom is -0.480 e. The van der Waals surface area contributed by atoms with E-state index in [1.54, 1.807) is 11.8 Å². The molecule has 2 saturated heterocycles. The molecule has 0 aromatic heterocycles. The minimum absolute atomic E-state index is 0.105. The Morgan fingerprint density at radius 3 is 2.62 bits per heavy atom. The fourth-order valence-electron chi connectivity index (χ4n) is 3.24. The molecular weight excluding hydrogens is 272 g/mol. The van der Waals surface area contributed by atoms with Gasteiger partial charge in [0, 0.05) is 32.5 Å². The number of nitrogens with zero attached hydrogens (tertiary/aromatic N) is 2. The van der Waals surface area contributed by atoms with E-state index in [1.807, 2.05) is 0 Å². The highest BCUT2D eigenvalue weighted by Crippen LogP contribution is 2.29. The number of carboxylic acids is 1. The quantitative estimate of drug-likeness (QED) is 0.828. The average molecular weight is 296 g/mol. The lowest BCUT2D eigenvalue weighted by Crippen LogP contribution is -2.57. The SMILES string of the molecule is C[C@]1(C(=O)O)CCCCN1C(=O)CCCN1CCCC1=O. The second-order valence-electron chi connectivity index (χ2n) is 6.17. The fourth-order valence-corrected chi connectivity index (χ4v) is 3.24. The summed E-state index contributed by atoms with van der Waals surface area (Å²) < 4.78 is 0. The first kappa shape index (κ1) is 15.8. The molecule has 21 heavy (non-hydrogen) atoms. The summed E-state index contributed by atoms with van der Waals surface area (Å²) in [6, 6.07) is 0. The van der Waals surface area contributed by atoms with Gasteiger partial charge in [-0.25, -0.2) is 4.79 Å². The third kappa shape index (κ3) is 3.36. The summed E-state index contributed by atoms with van der Waals surface area (Å²) in [6.07, 6.45) is 4.64. The van der Waals surface area contributed by atoms with Gasteiger partial charge >= 0.3 is 5.97 Å². The molecule has 118 valence electrons. The van der Waals surface area contributed by atoms with Gasteiger partial charge in [0.1, 0.15) is 5.54 Å². The highest BCUT2D eigenvalue weighted by molar-refractivity contribution is 5.87. The first-order chi connectivity index (χ1) is 9.95. The maximum Gasteiger partial charge on any atom is 0.329 e. The Bertz CT molecular complexity index is 437. The normalized spacial score (nSPS) is 26.2. The third-order valence-electron chi connectivity index (χ3n) is 4.64. The lowest BCUT2D eigenvalue weighted by atomic mass is 9.88. The molecule has 6 heteroatoms. The zero-order chi connectivity index (χ0) is 15.5. The van der Waals surface area contributed by atoms with Gasteiger partial charge < -0.3 is 14.9 Å². The van der Waals surface area contributed by atoms with Crippen LogP contribution in [0.25, 0.3) is 0 Å². The van der Waals surface area contributed by atoms with Gasteiger partial charge in [-0.3, -0.25) is 9.59 Å². The van der Waals surface area contributed by atoms with Crippen LogP contribution in [0.1, 0.15) is 51.9 Å². The maximum absolute atomic E-state index is 12.3. The summed E-state index contributed by atoms with van der Waals surface area (Å²) in [5, 5.41) is 9.40. The van der Waals surface area contributed by atoms with Crippen molar-refractivity contribution < 1.29 is 19.5 Å². The van der Waals surface area contributed by atoms with E-state index in [0.717, 1.165) is 25.8 Å². The first-order valence-corrected chi connectivity index (χ1v) is 7.77. The number of carbonyl (C=O) groups is 3. The van der Waals surface area contributed by atoms with Gasteiger partial charge in [-0.1, -0.05) is 0 Å². The number of hydrogen-bond donors (Lipinski definition) is 1. The van der Waals surface area contributed by atoms with Crippen molar-refractivity contribution in [2.45, 2.75) is 57.4 Å². The van der Waals surface area contributed by atoms with Gasteiger partial charge in [0.05, 0.1) is 0 Å². The number of amides is 2.